The lowest BCUT2D eigenvalue weighted by molar-refractivity contribution is -0.139. The largest absolute Gasteiger partial charge is 0.356 e. The van der Waals surface area contributed by atoms with Gasteiger partial charge >= 0.3 is 0 Å². The first-order chi connectivity index (χ1) is 14.8. The van der Waals surface area contributed by atoms with Crippen molar-refractivity contribution in [2.45, 2.75) is 39.7 Å². The summed E-state index contributed by atoms with van der Waals surface area (Å²) in [6, 6.07) is 10.4. The van der Waals surface area contributed by atoms with E-state index in [9.17, 15) is 9.59 Å². The van der Waals surface area contributed by atoms with E-state index in [2.05, 4.69) is 70.1 Å². The van der Waals surface area contributed by atoms with Crippen LogP contribution in [0.15, 0.2) is 51.6 Å². The van der Waals surface area contributed by atoms with Gasteiger partial charge in [0, 0.05) is 41.3 Å². The SMILES string of the molecule is CC(=O)N1CC2=C(C1=O)[C@@H](c1ccc(Br)s1)c1cn(CCC(C)C)c3cccc(c13)N2. The van der Waals surface area contributed by atoms with E-state index in [1.165, 1.54) is 17.3 Å². The van der Waals surface area contributed by atoms with Gasteiger partial charge in [-0.2, -0.15) is 0 Å². The Bertz CT molecular complexity index is 1250. The topological polar surface area (TPSA) is 54.3 Å². The van der Waals surface area contributed by atoms with Crippen molar-refractivity contribution in [1.82, 2.24) is 9.47 Å². The summed E-state index contributed by atoms with van der Waals surface area (Å²) in [6.45, 7) is 7.15. The third-order valence-electron chi connectivity index (χ3n) is 6.14. The van der Waals surface area contributed by atoms with Crippen LogP contribution in [0, 0.1) is 5.92 Å². The minimum absolute atomic E-state index is 0.194. The maximum atomic E-state index is 13.4. The number of amides is 2. The molecule has 1 aromatic carbocycles. The third-order valence-corrected chi connectivity index (χ3v) is 7.83. The van der Waals surface area contributed by atoms with Gasteiger partial charge in [0.15, 0.2) is 0 Å². The number of aryl methyl sites for hydroxylation is 1. The fourth-order valence-corrected chi connectivity index (χ4v) is 6.19. The number of aromatic nitrogens is 1. The summed E-state index contributed by atoms with van der Waals surface area (Å²) in [5, 5.41) is 4.69. The molecule has 0 saturated heterocycles. The molecule has 3 aromatic rings. The van der Waals surface area contributed by atoms with Crippen molar-refractivity contribution in [2.75, 3.05) is 11.9 Å². The maximum absolute atomic E-state index is 13.4. The molecule has 2 amide bonds. The highest BCUT2D eigenvalue weighted by molar-refractivity contribution is 9.11. The summed E-state index contributed by atoms with van der Waals surface area (Å²) in [7, 11) is 0. The van der Waals surface area contributed by atoms with Crippen LogP contribution in [-0.2, 0) is 16.1 Å². The number of hydrogen-bond donors (Lipinski definition) is 1. The Labute approximate surface area is 193 Å². The molecule has 2 aliphatic heterocycles. The first kappa shape index (κ1) is 20.5. The number of carbonyl (C=O) groups is 2. The Kier molecular flexibility index (Phi) is 5.06. The molecule has 0 saturated carbocycles. The van der Waals surface area contributed by atoms with E-state index in [0.29, 0.717) is 18.0 Å². The normalized spacial score (nSPS) is 18.0. The molecule has 2 aromatic heterocycles. The molecular formula is C24H24BrN3O2S. The van der Waals surface area contributed by atoms with Crippen molar-refractivity contribution in [3.63, 3.8) is 0 Å². The smallest absolute Gasteiger partial charge is 0.259 e. The van der Waals surface area contributed by atoms with Crippen LogP contribution in [0.5, 0.6) is 0 Å². The van der Waals surface area contributed by atoms with Gasteiger partial charge in [0.2, 0.25) is 5.91 Å². The third kappa shape index (κ3) is 3.34. The van der Waals surface area contributed by atoms with Gasteiger partial charge < -0.3 is 9.88 Å². The van der Waals surface area contributed by atoms with E-state index < -0.39 is 0 Å². The van der Waals surface area contributed by atoms with Crippen LogP contribution in [0.2, 0.25) is 0 Å². The molecule has 0 unspecified atom stereocenters. The second-order valence-electron chi connectivity index (χ2n) is 8.66. The summed E-state index contributed by atoms with van der Waals surface area (Å²) in [5.41, 5.74) is 4.81. The van der Waals surface area contributed by atoms with Crippen molar-refractivity contribution >= 4 is 55.7 Å². The summed E-state index contributed by atoms with van der Waals surface area (Å²) in [5.74, 6) is -0.0181. The average Bonchev–Trinajstić information content (AvgIpc) is 3.36. The second kappa shape index (κ2) is 7.64. The van der Waals surface area contributed by atoms with Crippen LogP contribution < -0.4 is 5.32 Å². The number of imide groups is 1. The zero-order valence-corrected chi connectivity index (χ0v) is 20.1. The molecular weight excluding hydrogens is 474 g/mol. The van der Waals surface area contributed by atoms with E-state index in [0.717, 1.165) is 44.0 Å². The summed E-state index contributed by atoms with van der Waals surface area (Å²) in [4.78, 5) is 28.0. The number of nitrogens with one attached hydrogen (secondary N) is 1. The van der Waals surface area contributed by atoms with Gasteiger partial charge in [-0.15, -0.1) is 11.3 Å². The molecule has 2 aliphatic rings. The number of benzene rings is 1. The van der Waals surface area contributed by atoms with E-state index in [4.69, 9.17) is 0 Å². The van der Waals surface area contributed by atoms with Gasteiger partial charge in [-0.1, -0.05) is 19.9 Å². The highest BCUT2D eigenvalue weighted by atomic mass is 79.9. The zero-order chi connectivity index (χ0) is 21.9. The van der Waals surface area contributed by atoms with Gasteiger partial charge in [0.25, 0.3) is 5.91 Å². The molecule has 1 atom stereocenters. The van der Waals surface area contributed by atoms with Gasteiger partial charge in [-0.05, 0) is 58.1 Å². The van der Waals surface area contributed by atoms with Crippen LogP contribution >= 0.6 is 27.3 Å². The first-order valence-corrected chi connectivity index (χ1v) is 12.2. The van der Waals surface area contributed by atoms with E-state index in [1.54, 1.807) is 11.3 Å². The molecule has 0 aliphatic carbocycles. The molecule has 31 heavy (non-hydrogen) atoms. The summed E-state index contributed by atoms with van der Waals surface area (Å²) >= 11 is 5.23. The van der Waals surface area contributed by atoms with Gasteiger partial charge in [0.1, 0.15) is 0 Å². The number of carbonyl (C=O) groups excluding carboxylic acids is 2. The lowest BCUT2D eigenvalue weighted by Gasteiger charge is -2.18. The standard InChI is InChI=1S/C24H24BrN3O2S/c1-13(2)9-10-27-11-15-21-16(5-4-6-18(21)27)26-17-12-28(14(3)29)24(30)23(17)22(15)19-7-8-20(25)31-19/h4-8,11,13,22,26H,9-10,12H2,1-3H3/t22-/m1/s1. The van der Waals surface area contributed by atoms with E-state index in [1.807, 2.05) is 6.07 Å². The molecule has 4 heterocycles. The number of rotatable bonds is 4. The van der Waals surface area contributed by atoms with Crippen molar-refractivity contribution in [1.29, 1.82) is 0 Å². The van der Waals surface area contributed by atoms with Crippen LogP contribution in [0.4, 0.5) is 5.69 Å². The highest BCUT2D eigenvalue weighted by Crippen LogP contribution is 2.48. The van der Waals surface area contributed by atoms with Crippen molar-refractivity contribution in [3.8, 4) is 0 Å². The minimum atomic E-state index is -0.223. The van der Waals surface area contributed by atoms with Crippen molar-refractivity contribution in [3.05, 3.63) is 62.0 Å². The molecule has 7 heteroatoms. The quantitative estimate of drug-likeness (QED) is 0.501. The molecule has 160 valence electrons. The summed E-state index contributed by atoms with van der Waals surface area (Å²) in [6.07, 6.45) is 3.30. The number of nitrogens with zero attached hydrogens (tertiary/aromatic N) is 2. The zero-order valence-electron chi connectivity index (χ0n) is 17.7. The van der Waals surface area contributed by atoms with Crippen LogP contribution in [0.3, 0.4) is 0 Å². The summed E-state index contributed by atoms with van der Waals surface area (Å²) < 4.78 is 3.35. The highest BCUT2D eigenvalue weighted by Gasteiger charge is 2.42. The molecule has 5 nitrogen and oxygen atoms in total. The molecule has 0 spiro atoms. The lowest BCUT2D eigenvalue weighted by Crippen LogP contribution is -2.33. The monoisotopic (exact) mass is 497 g/mol. The van der Waals surface area contributed by atoms with Crippen LogP contribution in [-0.4, -0.2) is 27.8 Å². The lowest BCUT2D eigenvalue weighted by atomic mass is 9.89. The average molecular weight is 498 g/mol. The minimum Gasteiger partial charge on any atom is -0.356 e. The predicted octanol–water partition coefficient (Wildman–Crippen LogP) is 5.71. The van der Waals surface area contributed by atoms with Crippen LogP contribution in [0.1, 0.15) is 43.6 Å². The fraction of sp³-hybridized carbons (Fsp3) is 0.333. The number of halogens is 1. The van der Waals surface area contributed by atoms with Crippen molar-refractivity contribution < 1.29 is 9.59 Å². The van der Waals surface area contributed by atoms with Gasteiger partial charge in [-0.25, -0.2) is 0 Å². The molecule has 1 N–H and O–H groups in total. The Hall–Kier alpha value is -2.38. The number of anilines is 1. The Balaban J connectivity index is 1.74. The Morgan fingerprint density at radius 3 is 2.77 bits per heavy atom. The maximum Gasteiger partial charge on any atom is 0.259 e. The number of thiophene rings is 1. The van der Waals surface area contributed by atoms with E-state index in [-0.39, 0.29) is 17.7 Å². The van der Waals surface area contributed by atoms with Gasteiger partial charge in [-0.3, -0.25) is 14.5 Å². The Morgan fingerprint density at radius 2 is 2.10 bits per heavy atom. The second-order valence-corrected chi connectivity index (χ2v) is 11.2. The molecule has 0 bridgehead atoms. The first-order valence-electron chi connectivity index (χ1n) is 10.5. The van der Waals surface area contributed by atoms with Crippen LogP contribution in [0.25, 0.3) is 10.9 Å². The number of hydrogen-bond acceptors (Lipinski definition) is 4. The predicted molar refractivity (Wildman–Crippen MR) is 128 cm³/mol. The van der Waals surface area contributed by atoms with Gasteiger partial charge in [0.05, 0.1) is 27.3 Å². The van der Waals surface area contributed by atoms with Crippen molar-refractivity contribution in [2.24, 2.45) is 5.92 Å². The fourth-order valence-electron chi connectivity index (χ4n) is 4.64. The Morgan fingerprint density at radius 1 is 1.29 bits per heavy atom. The molecule has 0 radical (unpaired) electrons. The molecule has 5 rings (SSSR count). The van der Waals surface area contributed by atoms with E-state index >= 15 is 0 Å². The molecule has 0 fully saturated rings.